The predicted molar refractivity (Wildman–Crippen MR) is 109 cm³/mol. The van der Waals surface area contributed by atoms with Crippen molar-refractivity contribution in [2.24, 2.45) is 0 Å². The molecule has 4 aromatic rings. The second-order valence-corrected chi connectivity index (χ2v) is 6.91. The van der Waals surface area contributed by atoms with E-state index in [9.17, 15) is 4.79 Å². The second kappa shape index (κ2) is 7.06. The Balaban J connectivity index is 1.64. The van der Waals surface area contributed by atoms with E-state index >= 15 is 0 Å². The number of aryl methyl sites for hydroxylation is 1. The lowest BCUT2D eigenvalue weighted by Crippen LogP contribution is -2.11. The number of fused-ring (bicyclic) bond motifs is 1. The Morgan fingerprint density at radius 1 is 1.04 bits per heavy atom. The minimum absolute atomic E-state index is 0.184. The number of rotatable bonds is 3. The number of aromatic nitrogens is 1. The van der Waals surface area contributed by atoms with E-state index in [0.717, 1.165) is 5.56 Å². The van der Waals surface area contributed by atoms with Gasteiger partial charge in [-0.3, -0.25) is 4.79 Å². The summed E-state index contributed by atoms with van der Waals surface area (Å²) in [6.45, 7) is 1.98. The quantitative estimate of drug-likeness (QED) is 0.438. The zero-order valence-corrected chi connectivity index (χ0v) is 15.8. The van der Waals surface area contributed by atoms with E-state index in [4.69, 9.17) is 27.6 Å². The highest BCUT2D eigenvalue weighted by molar-refractivity contribution is 6.43. The average molecular weight is 397 g/mol. The Morgan fingerprint density at radius 3 is 2.59 bits per heavy atom. The minimum atomic E-state index is -0.184. The van der Waals surface area contributed by atoms with Crippen LogP contribution >= 0.6 is 23.2 Å². The fourth-order valence-electron chi connectivity index (χ4n) is 2.70. The first kappa shape index (κ1) is 17.6. The largest absolute Gasteiger partial charge is 0.436 e. The van der Waals surface area contributed by atoms with Crippen molar-refractivity contribution in [1.29, 1.82) is 0 Å². The Labute approximate surface area is 165 Å². The maximum Gasteiger partial charge on any atom is 0.255 e. The molecule has 4 rings (SSSR count). The molecule has 1 aromatic heterocycles. The molecule has 0 aliphatic heterocycles. The first-order valence-corrected chi connectivity index (χ1v) is 9.00. The van der Waals surface area contributed by atoms with Crippen molar-refractivity contribution in [1.82, 2.24) is 4.98 Å². The first-order valence-electron chi connectivity index (χ1n) is 8.24. The maximum atomic E-state index is 12.4. The van der Waals surface area contributed by atoms with Gasteiger partial charge in [0.25, 0.3) is 5.91 Å². The molecule has 1 heterocycles. The summed E-state index contributed by atoms with van der Waals surface area (Å²) in [5, 5.41) is 3.69. The van der Waals surface area contributed by atoms with Crippen LogP contribution in [0.1, 0.15) is 15.9 Å². The summed E-state index contributed by atoms with van der Waals surface area (Å²) in [7, 11) is 0. The monoisotopic (exact) mass is 396 g/mol. The number of benzene rings is 3. The van der Waals surface area contributed by atoms with Crippen LogP contribution in [-0.4, -0.2) is 10.9 Å². The first-order chi connectivity index (χ1) is 13.0. The number of nitrogens with one attached hydrogen (secondary N) is 1. The number of amides is 1. The summed E-state index contributed by atoms with van der Waals surface area (Å²) in [5.74, 6) is 0.190. The molecule has 1 amide bonds. The zero-order valence-electron chi connectivity index (χ0n) is 14.3. The molecule has 0 saturated carbocycles. The fourth-order valence-corrected chi connectivity index (χ4v) is 3.08. The standard InChI is InChI=1S/C21H14Cl2N2O2/c1-12-5-7-13(8-6-12)20(26)24-14-9-10-18-17(11-14)25-21(27-18)15-3-2-4-16(22)19(15)23/h2-11H,1H3,(H,24,26). The third kappa shape index (κ3) is 3.54. The fraction of sp³-hybridized carbons (Fsp3) is 0.0476. The lowest BCUT2D eigenvalue weighted by molar-refractivity contribution is 0.102. The lowest BCUT2D eigenvalue weighted by Gasteiger charge is -2.05. The topological polar surface area (TPSA) is 55.1 Å². The molecule has 27 heavy (non-hydrogen) atoms. The van der Waals surface area contributed by atoms with Crippen molar-refractivity contribution < 1.29 is 9.21 Å². The van der Waals surface area contributed by atoms with Gasteiger partial charge in [-0.05, 0) is 49.4 Å². The molecule has 0 radical (unpaired) electrons. The van der Waals surface area contributed by atoms with Crippen LogP contribution in [0.15, 0.2) is 65.1 Å². The molecule has 0 atom stereocenters. The van der Waals surface area contributed by atoms with Crippen molar-refractivity contribution in [3.05, 3.63) is 81.8 Å². The Hall–Kier alpha value is -2.82. The highest BCUT2D eigenvalue weighted by Crippen LogP contribution is 2.34. The van der Waals surface area contributed by atoms with Crippen LogP contribution in [0.3, 0.4) is 0 Å². The second-order valence-electron chi connectivity index (χ2n) is 6.12. The summed E-state index contributed by atoms with van der Waals surface area (Å²) >= 11 is 12.3. The minimum Gasteiger partial charge on any atom is -0.436 e. The molecular formula is C21H14Cl2N2O2. The van der Waals surface area contributed by atoms with Gasteiger partial charge >= 0.3 is 0 Å². The summed E-state index contributed by atoms with van der Waals surface area (Å²) in [6, 6.07) is 17.9. The Bertz CT molecular complexity index is 1150. The molecule has 0 unspecified atom stereocenters. The molecule has 134 valence electrons. The molecule has 0 spiro atoms. The highest BCUT2D eigenvalue weighted by atomic mass is 35.5. The summed E-state index contributed by atoms with van der Waals surface area (Å²) < 4.78 is 5.78. The number of hydrogen-bond donors (Lipinski definition) is 1. The average Bonchev–Trinajstić information content (AvgIpc) is 3.07. The highest BCUT2D eigenvalue weighted by Gasteiger charge is 2.14. The van der Waals surface area contributed by atoms with Crippen LogP contribution < -0.4 is 5.32 Å². The number of nitrogens with zero attached hydrogens (tertiary/aromatic N) is 1. The molecule has 6 heteroatoms. The molecule has 4 nitrogen and oxygen atoms in total. The summed E-state index contributed by atoms with van der Waals surface area (Å²) in [4.78, 5) is 16.9. The summed E-state index contributed by atoms with van der Waals surface area (Å²) in [6.07, 6.45) is 0. The Morgan fingerprint density at radius 2 is 1.81 bits per heavy atom. The third-order valence-corrected chi connectivity index (χ3v) is 4.96. The number of carbonyl (C=O) groups excluding carboxylic acids is 1. The number of hydrogen-bond acceptors (Lipinski definition) is 3. The number of carbonyl (C=O) groups is 1. The van der Waals surface area contributed by atoms with E-state index in [1.54, 1.807) is 48.5 Å². The zero-order chi connectivity index (χ0) is 19.0. The lowest BCUT2D eigenvalue weighted by atomic mass is 10.1. The number of halogens is 2. The Kier molecular flexibility index (Phi) is 4.60. The van der Waals surface area contributed by atoms with Gasteiger partial charge in [-0.1, -0.05) is 47.0 Å². The van der Waals surface area contributed by atoms with Crippen LogP contribution in [0, 0.1) is 6.92 Å². The van der Waals surface area contributed by atoms with Crippen molar-refractivity contribution >= 4 is 45.9 Å². The van der Waals surface area contributed by atoms with Gasteiger partial charge in [0.05, 0.1) is 15.6 Å². The number of oxazole rings is 1. The van der Waals surface area contributed by atoms with Crippen LogP contribution in [0.4, 0.5) is 5.69 Å². The van der Waals surface area contributed by atoms with Crippen LogP contribution in [0.25, 0.3) is 22.6 Å². The molecule has 0 saturated heterocycles. The van der Waals surface area contributed by atoms with Crippen LogP contribution in [0.5, 0.6) is 0 Å². The third-order valence-electron chi connectivity index (χ3n) is 4.14. The molecule has 0 bridgehead atoms. The van der Waals surface area contributed by atoms with E-state index in [0.29, 0.717) is 43.9 Å². The van der Waals surface area contributed by atoms with Gasteiger partial charge < -0.3 is 9.73 Å². The smallest absolute Gasteiger partial charge is 0.255 e. The molecule has 1 N–H and O–H groups in total. The molecular weight excluding hydrogens is 383 g/mol. The van der Waals surface area contributed by atoms with Gasteiger partial charge in [0.15, 0.2) is 5.58 Å². The van der Waals surface area contributed by atoms with E-state index in [2.05, 4.69) is 10.3 Å². The normalized spacial score (nSPS) is 10.9. The van der Waals surface area contributed by atoms with E-state index < -0.39 is 0 Å². The molecule has 3 aromatic carbocycles. The SMILES string of the molecule is Cc1ccc(C(=O)Nc2ccc3oc(-c4cccc(Cl)c4Cl)nc3c2)cc1. The number of anilines is 1. The predicted octanol–water partition coefficient (Wildman–Crippen LogP) is 6.36. The van der Waals surface area contributed by atoms with Gasteiger partial charge in [-0.25, -0.2) is 4.98 Å². The van der Waals surface area contributed by atoms with Crippen molar-refractivity contribution in [2.75, 3.05) is 5.32 Å². The van der Waals surface area contributed by atoms with Gasteiger partial charge in [-0.15, -0.1) is 0 Å². The molecule has 0 fully saturated rings. The van der Waals surface area contributed by atoms with Crippen molar-refractivity contribution in [3.8, 4) is 11.5 Å². The van der Waals surface area contributed by atoms with Crippen molar-refractivity contribution in [2.45, 2.75) is 6.92 Å². The van der Waals surface area contributed by atoms with E-state index in [-0.39, 0.29) is 5.91 Å². The maximum absolute atomic E-state index is 12.4. The van der Waals surface area contributed by atoms with Gasteiger partial charge in [0, 0.05) is 11.3 Å². The van der Waals surface area contributed by atoms with Gasteiger partial charge in [0.2, 0.25) is 5.89 Å². The molecule has 0 aliphatic rings. The summed E-state index contributed by atoms with van der Waals surface area (Å²) in [5.41, 5.74) is 4.14. The van der Waals surface area contributed by atoms with Gasteiger partial charge in [0.1, 0.15) is 5.52 Å². The molecule has 0 aliphatic carbocycles. The van der Waals surface area contributed by atoms with E-state index in [1.807, 2.05) is 19.1 Å². The van der Waals surface area contributed by atoms with Crippen LogP contribution in [0.2, 0.25) is 10.0 Å². The van der Waals surface area contributed by atoms with E-state index in [1.165, 1.54) is 0 Å². The van der Waals surface area contributed by atoms with Gasteiger partial charge in [-0.2, -0.15) is 0 Å². The van der Waals surface area contributed by atoms with Crippen molar-refractivity contribution in [3.63, 3.8) is 0 Å². The van der Waals surface area contributed by atoms with Crippen LogP contribution in [-0.2, 0) is 0 Å².